The first-order valence-corrected chi connectivity index (χ1v) is 18.1. The van der Waals surface area contributed by atoms with E-state index in [4.69, 9.17) is 9.47 Å². The molecule has 10 nitrogen and oxygen atoms in total. The molecule has 15 atom stereocenters. The van der Waals surface area contributed by atoms with Crippen molar-refractivity contribution >= 4 is 11.9 Å². The van der Waals surface area contributed by atoms with Crippen molar-refractivity contribution in [2.24, 2.45) is 56.7 Å². The molecule has 1 heterocycles. The average molecular weight is 663 g/mol. The van der Waals surface area contributed by atoms with Gasteiger partial charge < -0.3 is 40.1 Å². The van der Waals surface area contributed by atoms with Crippen LogP contribution in [0.25, 0.3) is 0 Å². The molecular weight excluding hydrogens is 604 g/mol. The summed E-state index contributed by atoms with van der Waals surface area (Å²) in [6.45, 7) is 15.0. The molecule has 0 spiro atoms. The van der Waals surface area contributed by atoms with Gasteiger partial charge in [-0.3, -0.25) is 9.59 Å². The van der Waals surface area contributed by atoms with Gasteiger partial charge in [-0.25, -0.2) is 0 Å². The average Bonchev–Trinajstić information content (AvgIpc) is 3.43. The maximum absolute atomic E-state index is 14.5. The zero-order chi connectivity index (χ0) is 34.5. The van der Waals surface area contributed by atoms with E-state index in [2.05, 4.69) is 34.3 Å². The number of carbonyl (C=O) groups excluding carboxylic acids is 1. The molecule has 266 valence electrons. The number of esters is 1. The van der Waals surface area contributed by atoms with Gasteiger partial charge in [-0.15, -0.1) is 0 Å². The molecule has 0 aromatic rings. The fourth-order valence-corrected chi connectivity index (χ4v) is 13.1. The van der Waals surface area contributed by atoms with Crippen LogP contribution in [0, 0.1) is 56.7 Å². The molecule has 1 saturated heterocycles. The zero-order valence-corrected chi connectivity index (χ0v) is 28.9. The summed E-state index contributed by atoms with van der Waals surface area (Å²) in [5, 5.41) is 62.8. The van der Waals surface area contributed by atoms with E-state index < -0.39 is 59.8 Å². The summed E-state index contributed by atoms with van der Waals surface area (Å²) in [4.78, 5) is 27.2. The van der Waals surface area contributed by atoms with Gasteiger partial charge in [0.15, 0.2) is 6.10 Å². The Kier molecular flexibility index (Phi) is 8.62. The molecule has 0 radical (unpaired) electrons. The van der Waals surface area contributed by atoms with E-state index in [1.807, 2.05) is 6.92 Å². The highest BCUT2D eigenvalue weighted by atomic mass is 16.8. The summed E-state index contributed by atoms with van der Waals surface area (Å²) < 4.78 is 11.1. The van der Waals surface area contributed by atoms with Crippen molar-refractivity contribution in [3.8, 4) is 0 Å². The van der Waals surface area contributed by atoms with Gasteiger partial charge in [-0.1, -0.05) is 46.3 Å². The Morgan fingerprint density at radius 3 is 2.21 bits per heavy atom. The number of carboxylic acids is 1. The fourth-order valence-electron chi connectivity index (χ4n) is 13.1. The maximum Gasteiger partial charge on any atom is 0.357 e. The predicted molar refractivity (Wildman–Crippen MR) is 171 cm³/mol. The van der Waals surface area contributed by atoms with Gasteiger partial charge in [0.05, 0.1) is 17.4 Å². The topological polar surface area (TPSA) is 174 Å². The van der Waals surface area contributed by atoms with E-state index in [0.717, 1.165) is 69.8 Å². The number of hydrogen-bond acceptors (Lipinski definition) is 9. The lowest BCUT2D eigenvalue weighted by Gasteiger charge is -2.72. The van der Waals surface area contributed by atoms with Gasteiger partial charge in [-0.05, 0) is 123 Å². The largest absolute Gasteiger partial charge is 0.481 e. The molecule has 0 aromatic heterocycles. The van der Waals surface area contributed by atoms with Crippen LogP contribution in [0.4, 0.5) is 0 Å². The monoisotopic (exact) mass is 662 g/mol. The number of allylic oxidation sites excluding steroid dienone is 1. The van der Waals surface area contributed by atoms with Crippen LogP contribution in [0.2, 0.25) is 0 Å². The minimum atomic E-state index is -2.93. The molecule has 0 aromatic carbocycles. The molecule has 6 aliphatic rings. The third-order valence-electron chi connectivity index (χ3n) is 15.9. The molecule has 6 N–H and O–H groups in total. The lowest BCUT2D eigenvalue weighted by atomic mass is 9.32. The molecule has 5 saturated carbocycles. The second kappa shape index (κ2) is 11.5. The third-order valence-corrected chi connectivity index (χ3v) is 15.9. The highest BCUT2D eigenvalue weighted by molar-refractivity contribution is 5.79. The Balaban J connectivity index is 1.36. The van der Waals surface area contributed by atoms with Crippen molar-refractivity contribution < 1.29 is 49.7 Å². The van der Waals surface area contributed by atoms with Gasteiger partial charge in [0.2, 0.25) is 0 Å². The van der Waals surface area contributed by atoms with Crippen molar-refractivity contribution in [1.29, 1.82) is 0 Å². The van der Waals surface area contributed by atoms with Crippen molar-refractivity contribution in [3.05, 3.63) is 12.2 Å². The summed E-state index contributed by atoms with van der Waals surface area (Å²) in [5.41, 5.74) is -0.895. The minimum absolute atomic E-state index is 0.0653. The van der Waals surface area contributed by atoms with Crippen LogP contribution in [-0.4, -0.2) is 79.6 Å². The van der Waals surface area contributed by atoms with Gasteiger partial charge >= 0.3 is 17.9 Å². The second-order valence-electron chi connectivity index (χ2n) is 17.4. The van der Waals surface area contributed by atoms with E-state index in [1.165, 1.54) is 0 Å². The zero-order valence-electron chi connectivity index (χ0n) is 28.9. The lowest BCUT2D eigenvalue weighted by molar-refractivity contribution is -0.436. The Morgan fingerprint density at radius 1 is 0.872 bits per heavy atom. The van der Waals surface area contributed by atoms with Crippen LogP contribution in [0.3, 0.4) is 0 Å². The number of ether oxygens (including phenoxy) is 2. The molecule has 0 amide bonds. The minimum Gasteiger partial charge on any atom is -0.481 e. The van der Waals surface area contributed by atoms with Crippen LogP contribution in [0.1, 0.15) is 112 Å². The molecule has 6 fully saturated rings. The fraction of sp³-hybridized carbons (Fsp3) is 0.892. The number of rotatable bonds is 6. The number of aliphatic carboxylic acids is 1. The van der Waals surface area contributed by atoms with Crippen LogP contribution >= 0.6 is 0 Å². The first-order valence-electron chi connectivity index (χ1n) is 18.1. The Hall–Kier alpha value is -1.56. The molecule has 10 heteroatoms. The number of carboxylic acid groups (broad SMARTS) is 1. The summed E-state index contributed by atoms with van der Waals surface area (Å²) in [6.07, 6.45) is 2.53. The van der Waals surface area contributed by atoms with Gasteiger partial charge in [0.25, 0.3) is 0 Å². The van der Waals surface area contributed by atoms with Crippen LogP contribution in [0.15, 0.2) is 12.2 Å². The number of hydrogen-bond donors (Lipinski definition) is 6. The van der Waals surface area contributed by atoms with Gasteiger partial charge in [-0.2, -0.15) is 0 Å². The third kappa shape index (κ3) is 4.63. The summed E-state index contributed by atoms with van der Waals surface area (Å²) >= 11 is 0. The smallest absolute Gasteiger partial charge is 0.357 e. The number of carbonyl (C=O) groups is 2. The van der Waals surface area contributed by atoms with Crippen molar-refractivity contribution in [2.75, 3.05) is 6.61 Å². The van der Waals surface area contributed by atoms with Crippen molar-refractivity contribution in [3.63, 3.8) is 0 Å². The predicted octanol–water partition coefficient (Wildman–Crippen LogP) is 4.15. The molecule has 0 bridgehead atoms. The Labute approximate surface area is 278 Å². The Morgan fingerprint density at radius 2 is 1.57 bits per heavy atom. The van der Waals surface area contributed by atoms with E-state index in [-0.39, 0.29) is 39.9 Å². The molecule has 6 rings (SSSR count). The second-order valence-corrected chi connectivity index (χ2v) is 17.4. The molecular formula is C37H58O10. The summed E-state index contributed by atoms with van der Waals surface area (Å²) in [7, 11) is 0. The maximum atomic E-state index is 14.5. The normalized spacial score (nSPS) is 54.0. The lowest BCUT2D eigenvalue weighted by Crippen LogP contribution is -2.68. The summed E-state index contributed by atoms with van der Waals surface area (Å²) in [6, 6.07) is 0. The Bertz CT molecular complexity index is 1290. The number of aliphatic hydroxyl groups excluding tert-OH is 4. The first kappa shape index (κ1) is 35.3. The number of fused-ring (bicyclic) bond motifs is 7. The quantitative estimate of drug-likeness (QED) is 0.138. The van der Waals surface area contributed by atoms with Gasteiger partial charge in [0.1, 0.15) is 18.3 Å². The molecule has 47 heavy (non-hydrogen) atoms. The van der Waals surface area contributed by atoms with E-state index in [1.54, 1.807) is 0 Å². The summed E-state index contributed by atoms with van der Waals surface area (Å²) in [5.74, 6) is -3.71. The van der Waals surface area contributed by atoms with Crippen LogP contribution < -0.4 is 0 Å². The van der Waals surface area contributed by atoms with Gasteiger partial charge in [0, 0.05) is 0 Å². The van der Waals surface area contributed by atoms with Crippen molar-refractivity contribution in [1.82, 2.24) is 0 Å². The standard InChI is InChI=1S/C37H58O10/c1-7-20(2)21-11-16-36(31(44)47-37(45)29(41)28(40)27(39)23(19-38)46-37)18-17-34(5)22(26(21)36)9-10-25-32(3)13-8-14-33(4,30(42)43)24(32)12-15-35(25,34)6/h21-29,38-41,45H,2,7-19H2,1,3-6H3,(H,42,43). The molecule has 1 aliphatic heterocycles. The van der Waals surface area contributed by atoms with E-state index >= 15 is 0 Å². The van der Waals surface area contributed by atoms with Crippen molar-refractivity contribution in [2.45, 2.75) is 142 Å². The number of aliphatic hydroxyl groups is 5. The van der Waals surface area contributed by atoms with Crippen LogP contribution in [0.5, 0.6) is 0 Å². The highest BCUT2D eigenvalue weighted by Crippen LogP contribution is 2.77. The first-order chi connectivity index (χ1) is 21.9. The van der Waals surface area contributed by atoms with E-state index in [0.29, 0.717) is 18.8 Å². The molecule has 15 unspecified atom stereocenters. The van der Waals surface area contributed by atoms with Crippen LogP contribution in [-0.2, 0) is 19.1 Å². The SMILES string of the molecule is C=C(CC)C1CCC2(C(=O)OC3(O)OC(CO)C(O)C(O)C3O)CCC3(C)C(CCC4C5(C)CCCC(C)(C(=O)O)C5CCC43C)C12. The molecule has 5 aliphatic carbocycles. The highest BCUT2D eigenvalue weighted by Gasteiger charge is 2.73. The van der Waals surface area contributed by atoms with E-state index in [9.17, 15) is 40.2 Å².